The van der Waals surface area contributed by atoms with Crippen molar-refractivity contribution in [1.82, 2.24) is 10.3 Å². The fourth-order valence-corrected chi connectivity index (χ4v) is 1.84. The number of benzene rings is 1. The molecule has 0 aliphatic heterocycles. The van der Waals surface area contributed by atoms with E-state index in [-0.39, 0.29) is 13.3 Å². The number of carbonyl (C=O) groups excluding carboxylic acids is 1. The van der Waals surface area contributed by atoms with Crippen LogP contribution in [0.4, 0.5) is 0 Å². The molecule has 3 heteroatoms. The Morgan fingerprint density at radius 3 is 2.25 bits per heavy atom. The Labute approximate surface area is 122 Å². The number of likely N-dealkylation sites (N-methyl/N-ethyl adjacent to an activating group) is 1. The molecule has 0 radical (unpaired) electrons. The highest BCUT2D eigenvalue weighted by atomic mass is 16.1. The molecule has 0 aliphatic carbocycles. The lowest BCUT2D eigenvalue weighted by molar-refractivity contribution is -0.118. The van der Waals surface area contributed by atoms with Crippen molar-refractivity contribution < 1.29 is 6.22 Å². The molecule has 0 amide bonds. The van der Waals surface area contributed by atoms with Crippen molar-refractivity contribution in [3.8, 4) is 11.3 Å². The summed E-state index contributed by atoms with van der Waals surface area (Å²) in [6.45, 7) is 3.59. The molecule has 2 aromatic rings. The third kappa shape index (κ3) is 5.33. The summed E-state index contributed by atoms with van der Waals surface area (Å²) >= 11 is 0. The van der Waals surface area contributed by atoms with Gasteiger partial charge in [-0.2, -0.15) is 0 Å². The molecule has 2 rings (SSSR count). The molecule has 0 spiro atoms. The summed E-state index contributed by atoms with van der Waals surface area (Å²) in [5.74, 6) is 0.218. The van der Waals surface area contributed by atoms with Crippen molar-refractivity contribution in [2.24, 2.45) is 0 Å². The van der Waals surface area contributed by atoms with Crippen molar-refractivity contribution in [3.63, 3.8) is 0 Å². The lowest BCUT2D eigenvalue weighted by Crippen LogP contribution is -2.31. The van der Waals surface area contributed by atoms with Gasteiger partial charge in [0.2, 0.25) is 0 Å². The van der Waals surface area contributed by atoms with Crippen molar-refractivity contribution in [2.75, 3.05) is 7.05 Å². The molecule has 0 fully saturated rings. The fourth-order valence-electron chi connectivity index (χ4n) is 1.84. The van der Waals surface area contributed by atoms with Gasteiger partial charge in [0, 0.05) is 13.2 Å². The van der Waals surface area contributed by atoms with Gasteiger partial charge < -0.3 is 5.32 Å². The summed E-state index contributed by atoms with van der Waals surface area (Å²) in [6.07, 6.45) is 2.69. The van der Waals surface area contributed by atoms with E-state index in [0.717, 1.165) is 17.7 Å². The Kier molecular flexibility index (Phi) is 7.22. The number of hydrogen-bond donors (Lipinski definition) is 1. The van der Waals surface area contributed by atoms with Crippen LogP contribution < -0.4 is 5.32 Å². The van der Waals surface area contributed by atoms with Gasteiger partial charge in [0.1, 0.15) is 5.78 Å². The van der Waals surface area contributed by atoms with Gasteiger partial charge in [-0.15, -0.1) is 0 Å². The molecule has 1 atom stereocenters. The minimum absolute atomic E-state index is 0. The first-order chi connectivity index (χ1) is 9.69. The van der Waals surface area contributed by atoms with Crippen LogP contribution in [-0.2, 0) is 4.79 Å². The first-order valence-electron chi connectivity index (χ1n) is 6.83. The summed E-state index contributed by atoms with van der Waals surface area (Å²) in [4.78, 5) is 14.8. The third-order valence-corrected chi connectivity index (χ3v) is 2.98. The fraction of sp³-hybridized carbons (Fsp3) is 0.294. The molecular formula is C17H24N2O. The van der Waals surface area contributed by atoms with Gasteiger partial charge in [-0.25, -0.2) is 0 Å². The zero-order chi connectivity index (χ0) is 14.8. The smallest absolute Gasteiger partial charge is 0.146 e. The molecule has 1 N–H and O–H groups in total. The standard InChI is InChI=1S/C11H9N.C6H13NO.H2/c1-2-6-10(7-3-1)11-8-4-5-9-12-11;1-4-6(7-3)5(2)8;/h1-9H;6-7H,4H2,1-3H3;1H/t;6-;/m.0./s1. The average molecular weight is 272 g/mol. The number of nitrogens with zero attached hydrogens (tertiary/aromatic N) is 1. The second kappa shape index (κ2) is 8.99. The Morgan fingerprint density at radius 2 is 1.85 bits per heavy atom. The minimum atomic E-state index is 0. The SMILES string of the molecule is CC[C@H](NC)C(C)=O.[HH].c1ccc(-c2ccccn2)cc1. The molecule has 108 valence electrons. The second-order valence-electron chi connectivity index (χ2n) is 4.44. The van der Waals surface area contributed by atoms with E-state index >= 15 is 0 Å². The van der Waals surface area contributed by atoms with Crippen molar-refractivity contribution in [3.05, 3.63) is 54.7 Å². The van der Waals surface area contributed by atoms with Crippen LogP contribution in [-0.4, -0.2) is 23.9 Å². The van der Waals surface area contributed by atoms with E-state index < -0.39 is 0 Å². The molecule has 0 saturated heterocycles. The molecule has 0 aliphatic rings. The second-order valence-corrected chi connectivity index (χ2v) is 4.44. The molecular weight excluding hydrogens is 248 g/mol. The zero-order valence-electron chi connectivity index (χ0n) is 12.3. The Morgan fingerprint density at radius 1 is 1.20 bits per heavy atom. The first-order valence-corrected chi connectivity index (χ1v) is 6.83. The molecule has 3 nitrogen and oxygen atoms in total. The summed E-state index contributed by atoms with van der Waals surface area (Å²) in [5, 5.41) is 2.90. The highest BCUT2D eigenvalue weighted by Gasteiger charge is 2.05. The van der Waals surface area contributed by atoms with E-state index in [1.165, 1.54) is 0 Å². The van der Waals surface area contributed by atoms with Crippen LogP contribution in [0.5, 0.6) is 0 Å². The van der Waals surface area contributed by atoms with Crippen molar-refractivity contribution in [1.29, 1.82) is 0 Å². The van der Waals surface area contributed by atoms with Gasteiger partial charge in [0.05, 0.1) is 11.7 Å². The van der Waals surface area contributed by atoms with Gasteiger partial charge in [0.15, 0.2) is 0 Å². The Hall–Kier alpha value is -2.00. The quantitative estimate of drug-likeness (QED) is 0.925. The molecule has 1 aromatic carbocycles. The van der Waals surface area contributed by atoms with Crippen LogP contribution in [0.1, 0.15) is 21.7 Å². The van der Waals surface area contributed by atoms with E-state index in [1.807, 2.05) is 49.5 Å². The summed E-state index contributed by atoms with van der Waals surface area (Å²) in [5.41, 5.74) is 2.19. The topological polar surface area (TPSA) is 42.0 Å². The van der Waals surface area contributed by atoms with E-state index in [2.05, 4.69) is 22.4 Å². The van der Waals surface area contributed by atoms with Gasteiger partial charge in [0.25, 0.3) is 0 Å². The van der Waals surface area contributed by atoms with Crippen LogP contribution in [0, 0.1) is 0 Å². The Balaban J connectivity index is 0.000000397. The lowest BCUT2D eigenvalue weighted by atomic mass is 10.1. The van der Waals surface area contributed by atoms with Gasteiger partial charge in [-0.05, 0) is 32.5 Å². The van der Waals surface area contributed by atoms with Crippen molar-refractivity contribution >= 4 is 5.78 Å². The van der Waals surface area contributed by atoms with Gasteiger partial charge >= 0.3 is 0 Å². The normalized spacial score (nSPS) is 11.2. The van der Waals surface area contributed by atoms with E-state index in [1.54, 1.807) is 14.0 Å². The Bertz CT molecular complexity index is 461. The van der Waals surface area contributed by atoms with Gasteiger partial charge in [-0.3, -0.25) is 9.78 Å². The highest BCUT2D eigenvalue weighted by Crippen LogP contribution is 2.14. The van der Waals surface area contributed by atoms with Crippen LogP contribution in [0.25, 0.3) is 11.3 Å². The van der Waals surface area contributed by atoms with Crippen molar-refractivity contribution in [2.45, 2.75) is 26.3 Å². The first kappa shape index (κ1) is 16.1. The maximum atomic E-state index is 10.5. The number of aromatic nitrogens is 1. The molecule has 1 heterocycles. The van der Waals surface area contributed by atoms with Crippen LogP contribution in [0.2, 0.25) is 0 Å². The lowest BCUT2D eigenvalue weighted by Gasteiger charge is -2.07. The summed E-state index contributed by atoms with van der Waals surface area (Å²) in [7, 11) is 1.80. The number of hydrogen-bond acceptors (Lipinski definition) is 3. The number of ketones is 1. The monoisotopic (exact) mass is 272 g/mol. The van der Waals surface area contributed by atoms with E-state index in [0.29, 0.717) is 0 Å². The number of carbonyl (C=O) groups is 1. The number of Topliss-reactive ketones (excluding diaryl/α,β-unsaturated/α-hetero) is 1. The van der Waals surface area contributed by atoms with Crippen LogP contribution >= 0.6 is 0 Å². The minimum Gasteiger partial charge on any atom is -0.311 e. The number of pyridine rings is 1. The van der Waals surface area contributed by atoms with E-state index in [9.17, 15) is 4.79 Å². The largest absolute Gasteiger partial charge is 0.311 e. The van der Waals surface area contributed by atoms with Crippen LogP contribution in [0.15, 0.2) is 54.7 Å². The highest BCUT2D eigenvalue weighted by molar-refractivity contribution is 5.81. The predicted octanol–water partition coefficient (Wildman–Crippen LogP) is 3.57. The van der Waals surface area contributed by atoms with Crippen LogP contribution in [0.3, 0.4) is 0 Å². The zero-order valence-corrected chi connectivity index (χ0v) is 12.3. The number of nitrogens with one attached hydrogen (secondary N) is 1. The third-order valence-electron chi connectivity index (χ3n) is 2.98. The predicted molar refractivity (Wildman–Crippen MR) is 85.6 cm³/mol. The average Bonchev–Trinajstić information content (AvgIpc) is 2.51. The number of rotatable bonds is 4. The van der Waals surface area contributed by atoms with E-state index in [4.69, 9.17) is 0 Å². The summed E-state index contributed by atoms with van der Waals surface area (Å²) in [6, 6.07) is 16.2. The molecule has 0 bridgehead atoms. The summed E-state index contributed by atoms with van der Waals surface area (Å²) < 4.78 is 0. The molecule has 0 saturated carbocycles. The molecule has 0 unspecified atom stereocenters. The van der Waals surface area contributed by atoms with Gasteiger partial charge in [-0.1, -0.05) is 43.3 Å². The maximum absolute atomic E-state index is 10.5. The maximum Gasteiger partial charge on any atom is 0.146 e. The molecule has 20 heavy (non-hydrogen) atoms. The molecule has 1 aromatic heterocycles.